The van der Waals surface area contributed by atoms with Crippen molar-refractivity contribution < 1.29 is 14.2 Å². The number of aromatic nitrogens is 3. The minimum atomic E-state index is 0. The Balaban J connectivity index is 0.00000341. The average Bonchev–Trinajstić information content (AvgIpc) is 3.39. The first-order chi connectivity index (χ1) is 14.5. The number of hydrogen-bond acceptors (Lipinski definition) is 6. The van der Waals surface area contributed by atoms with Crippen LogP contribution in [-0.4, -0.2) is 59.8 Å². The molecule has 1 saturated heterocycles. The highest BCUT2D eigenvalue weighted by Gasteiger charge is 2.17. The summed E-state index contributed by atoms with van der Waals surface area (Å²) < 4.78 is 18.5. The third kappa shape index (κ3) is 7.93. The van der Waals surface area contributed by atoms with E-state index in [0.717, 1.165) is 36.0 Å². The van der Waals surface area contributed by atoms with Crippen LogP contribution in [0.5, 0.6) is 5.75 Å². The second kappa shape index (κ2) is 12.8. The fourth-order valence-corrected chi connectivity index (χ4v) is 3.02. The van der Waals surface area contributed by atoms with Crippen LogP contribution < -0.4 is 15.4 Å². The maximum Gasteiger partial charge on any atom is 0.192 e. The van der Waals surface area contributed by atoms with Gasteiger partial charge in [0.1, 0.15) is 11.6 Å². The summed E-state index contributed by atoms with van der Waals surface area (Å²) in [5.41, 5.74) is 1.10. The zero-order chi connectivity index (χ0) is 21.3. The molecule has 9 nitrogen and oxygen atoms in total. The molecule has 1 aromatic heterocycles. The lowest BCUT2D eigenvalue weighted by Crippen LogP contribution is -2.44. The van der Waals surface area contributed by atoms with Crippen molar-refractivity contribution in [2.24, 2.45) is 12.0 Å². The van der Waals surface area contributed by atoms with Crippen LogP contribution >= 0.6 is 24.0 Å². The zero-order valence-corrected chi connectivity index (χ0v) is 21.0. The highest BCUT2D eigenvalue weighted by Crippen LogP contribution is 2.12. The number of methoxy groups -OCH3 is 1. The third-order valence-corrected chi connectivity index (χ3v) is 5.03. The lowest BCUT2D eigenvalue weighted by atomic mass is 10.2. The number of aliphatic imine (C=N–C) groups is 1. The monoisotopic (exact) mass is 544 g/mol. The van der Waals surface area contributed by atoms with E-state index in [2.05, 4.69) is 27.8 Å². The number of benzene rings is 1. The first-order valence-corrected chi connectivity index (χ1v) is 10.3. The van der Waals surface area contributed by atoms with Crippen molar-refractivity contribution in [1.29, 1.82) is 0 Å². The highest BCUT2D eigenvalue weighted by molar-refractivity contribution is 14.0. The van der Waals surface area contributed by atoms with E-state index in [1.54, 1.807) is 7.11 Å². The number of guanidine groups is 1. The van der Waals surface area contributed by atoms with Gasteiger partial charge in [0.2, 0.25) is 0 Å². The molecular formula is C21H33IN6O3. The van der Waals surface area contributed by atoms with Gasteiger partial charge in [-0.1, -0.05) is 12.1 Å². The van der Waals surface area contributed by atoms with Crippen LogP contribution in [0.3, 0.4) is 0 Å². The van der Waals surface area contributed by atoms with Crippen molar-refractivity contribution in [1.82, 2.24) is 25.4 Å². The summed E-state index contributed by atoms with van der Waals surface area (Å²) in [5, 5.41) is 15.1. The van der Waals surface area contributed by atoms with E-state index in [9.17, 15) is 0 Å². The Morgan fingerprint density at radius 1 is 1.32 bits per heavy atom. The van der Waals surface area contributed by atoms with Crippen LogP contribution in [0.15, 0.2) is 29.3 Å². The Hall–Kier alpha value is -1.92. The SMILES string of the molecule is COc1ccc(CN=C(NCc2nnc(C)n2C)NC(C)COC2CCOC2)cc1.I. The number of aryl methyl sites for hydroxylation is 1. The Labute approximate surface area is 201 Å². The number of ether oxygens (including phenoxy) is 3. The predicted molar refractivity (Wildman–Crippen MR) is 130 cm³/mol. The Bertz CT molecular complexity index is 821. The van der Waals surface area contributed by atoms with Crippen molar-refractivity contribution in [3.63, 3.8) is 0 Å². The summed E-state index contributed by atoms with van der Waals surface area (Å²) in [7, 11) is 3.61. The van der Waals surface area contributed by atoms with Gasteiger partial charge in [0.05, 0.1) is 39.5 Å². The molecule has 31 heavy (non-hydrogen) atoms. The zero-order valence-electron chi connectivity index (χ0n) is 18.6. The molecule has 172 valence electrons. The second-order valence-corrected chi connectivity index (χ2v) is 7.45. The topological polar surface area (TPSA) is 94.8 Å². The van der Waals surface area contributed by atoms with Crippen LogP contribution in [0.1, 0.15) is 30.6 Å². The lowest BCUT2D eigenvalue weighted by Gasteiger charge is -2.20. The van der Waals surface area contributed by atoms with E-state index in [-0.39, 0.29) is 36.1 Å². The second-order valence-electron chi connectivity index (χ2n) is 7.45. The molecule has 0 spiro atoms. The molecule has 0 aliphatic carbocycles. The summed E-state index contributed by atoms with van der Waals surface area (Å²) in [6.45, 7) is 7.11. The van der Waals surface area contributed by atoms with Gasteiger partial charge in [-0.2, -0.15) is 0 Å². The van der Waals surface area contributed by atoms with Crippen molar-refractivity contribution >= 4 is 29.9 Å². The van der Waals surface area contributed by atoms with E-state index in [1.165, 1.54) is 0 Å². The smallest absolute Gasteiger partial charge is 0.192 e. The van der Waals surface area contributed by atoms with Gasteiger partial charge in [-0.05, 0) is 38.0 Å². The molecule has 2 unspecified atom stereocenters. The van der Waals surface area contributed by atoms with Crippen molar-refractivity contribution in [3.05, 3.63) is 41.5 Å². The van der Waals surface area contributed by atoms with Crippen LogP contribution in [0, 0.1) is 6.92 Å². The molecule has 2 N–H and O–H groups in total. The summed E-state index contributed by atoms with van der Waals surface area (Å²) in [4.78, 5) is 4.74. The summed E-state index contributed by atoms with van der Waals surface area (Å²) in [5.74, 6) is 3.25. The fraction of sp³-hybridized carbons (Fsp3) is 0.571. The molecule has 1 aliphatic rings. The van der Waals surface area contributed by atoms with Crippen molar-refractivity contribution in [2.75, 3.05) is 26.9 Å². The van der Waals surface area contributed by atoms with Crippen molar-refractivity contribution in [3.8, 4) is 5.75 Å². The quantitative estimate of drug-likeness (QED) is 0.284. The lowest BCUT2D eigenvalue weighted by molar-refractivity contribution is 0.0347. The van der Waals surface area contributed by atoms with Crippen LogP contribution in [-0.2, 0) is 29.6 Å². The van der Waals surface area contributed by atoms with Gasteiger partial charge in [-0.3, -0.25) is 0 Å². The van der Waals surface area contributed by atoms with Gasteiger partial charge in [-0.25, -0.2) is 4.99 Å². The number of halogens is 1. The number of nitrogens with one attached hydrogen (secondary N) is 2. The van der Waals surface area contributed by atoms with Crippen LogP contribution in [0.2, 0.25) is 0 Å². The fourth-order valence-electron chi connectivity index (χ4n) is 3.02. The first-order valence-electron chi connectivity index (χ1n) is 10.3. The first kappa shape index (κ1) is 25.3. The number of hydrogen-bond donors (Lipinski definition) is 2. The third-order valence-electron chi connectivity index (χ3n) is 5.03. The summed E-state index contributed by atoms with van der Waals surface area (Å²) in [6, 6.07) is 7.99. The highest BCUT2D eigenvalue weighted by atomic mass is 127. The van der Waals surface area contributed by atoms with E-state index in [4.69, 9.17) is 19.2 Å². The molecule has 1 fully saturated rings. The van der Waals surface area contributed by atoms with Gasteiger partial charge >= 0.3 is 0 Å². The van der Waals surface area contributed by atoms with Crippen LogP contribution in [0.25, 0.3) is 0 Å². The maximum absolute atomic E-state index is 5.93. The summed E-state index contributed by atoms with van der Waals surface area (Å²) in [6.07, 6.45) is 1.14. The van der Waals surface area contributed by atoms with E-state index < -0.39 is 0 Å². The molecule has 0 saturated carbocycles. The molecule has 1 aromatic carbocycles. The number of rotatable bonds is 9. The molecule has 0 radical (unpaired) electrons. The predicted octanol–water partition coefficient (Wildman–Crippen LogP) is 2.18. The number of nitrogens with zero attached hydrogens (tertiary/aromatic N) is 4. The van der Waals surface area contributed by atoms with Crippen LogP contribution in [0.4, 0.5) is 0 Å². The average molecular weight is 544 g/mol. The Morgan fingerprint density at radius 2 is 2.10 bits per heavy atom. The van der Waals surface area contributed by atoms with E-state index in [1.807, 2.05) is 42.8 Å². The molecule has 2 aromatic rings. The van der Waals surface area contributed by atoms with Gasteiger partial charge in [0, 0.05) is 19.7 Å². The Kier molecular flexibility index (Phi) is 10.5. The largest absolute Gasteiger partial charge is 0.497 e. The minimum absolute atomic E-state index is 0. The van der Waals surface area contributed by atoms with Gasteiger partial charge < -0.3 is 29.4 Å². The van der Waals surface area contributed by atoms with Gasteiger partial charge in [0.15, 0.2) is 11.8 Å². The Morgan fingerprint density at radius 3 is 2.71 bits per heavy atom. The molecule has 0 amide bonds. The van der Waals surface area contributed by atoms with E-state index in [0.29, 0.717) is 32.3 Å². The maximum atomic E-state index is 5.93. The molecule has 1 aliphatic heterocycles. The van der Waals surface area contributed by atoms with E-state index >= 15 is 0 Å². The molecule has 10 heteroatoms. The normalized spacial score (nSPS) is 17.2. The summed E-state index contributed by atoms with van der Waals surface area (Å²) >= 11 is 0. The molecule has 3 rings (SSSR count). The van der Waals surface area contributed by atoms with Crippen molar-refractivity contribution in [2.45, 2.75) is 45.5 Å². The minimum Gasteiger partial charge on any atom is -0.497 e. The van der Waals surface area contributed by atoms with Gasteiger partial charge in [-0.15, -0.1) is 34.2 Å². The molecule has 2 atom stereocenters. The molecule has 2 heterocycles. The molecular weight excluding hydrogens is 511 g/mol. The molecule has 0 bridgehead atoms. The standard InChI is InChI=1S/C21H32N6O3.HI/c1-15(13-30-19-9-10-29-14-19)24-21(23-12-20-26-25-16(2)27(20)3)22-11-17-5-7-18(28-4)8-6-17;/h5-8,15,19H,9-14H2,1-4H3,(H2,22,23,24);1H. The van der Waals surface area contributed by atoms with Gasteiger partial charge in [0.25, 0.3) is 0 Å².